The smallest absolute Gasteiger partial charge is 0.262 e. The van der Waals surface area contributed by atoms with Gasteiger partial charge in [-0.05, 0) is 30.2 Å². The lowest BCUT2D eigenvalue weighted by molar-refractivity contribution is -0.127. The minimum Gasteiger partial charge on any atom is -0.280 e. The fourth-order valence-electron chi connectivity index (χ4n) is 4.12. The summed E-state index contributed by atoms with van der Waals surface area (Å²) in [6.07, 6.45) is 0.727. The number of benzene rings is 3. The number of para-hydroxylation sites is 1. The van der Waals surface area contributed by atoms with Crippen molar-refractivity contribution >= 4 is 34.3 Å². The summed E-state index contributed by atoms with van der Waals surface area (Å²) in [6.45, 7) is 2.54. The molecule has 1 aliphatic heterocycles. The van der Waals surface area contributed by atoms with Crippen LogP contribution in [0.5, 0.6) is 0 Å². The third-order valence-corrected chi connectivity index (χ3v) is 6.90. The van der Waals surface area contributed by atoms with Crippen molar-refractivity contribution in [2.75, 3.05) is 12.3 Å². The van der Waals surface area contributed by atoms with Crippen molar-refractivity contribution in [3.63, 3.8) is 0 Å². The highest BCUT2D eigenvalue weighted by Gasteiger charge is 2.23. The molecule has 1 aliphatic rings. The van der Waals surface area contributed by atoms with Crippen molar-refractivity contribution in [1.29, 1.82) is 0 Å². The summed E-state index contributed by atoms with van der Waals surface area (Å²) in [5.74, 6) is 0.0509. The van der Waals surface area contributed by atoms with Gasteiger partial charge in [0.1, 0.15) is 0 Å². The van der Waals surface area contributed by atoms with Crippen LogP contribution in [0.1, 0.15) is 30.5 Å². The molecule has 0 aliphatic carbocycles. The van der Waals surface area contributed by atoms with Gasteiger partial charge in [-0.1, -0.05) is 84.6 Å². The van der Waals surface area contributed by atoms with E-state index in [1.807, 2.05) is 85.8 Å². The molecule has 34 heavy (non-hydrogen) atoms. The van der Waals surface area contributed by atoms with Crippen LogP contribution in [0.25, 0.3) is 10.9 Å². The first-order valence-corrected chi connectivity index (χ1v) is 12.2. The standard InChI is InChI=1S/C27H24N4O2S/c1-19(20-10-4-2-5-11-20)31-26(33)22-14-8-9-15-24(22)28-27(31)34-18-25(32)30-17-16-23(29-30)21-12-6-3-7-13-21/h2-15,19H,16-18H2,1H3. The average Bonchev–Trinajstić information content (AvgIpc) is 3.39. The van der Waals surface area contributed by atoms with Crippen molar-refractivity contribution in [1.82, 2.24) is 14.6 Å². The Morgan fingerprint density at radius 3 is 2.41 bits per heavy atom. The van der Waals surface area contributed by atoms with E-state index in [-0.39, 0.29) is 23.3 Å². The van der Waals surface area contributed by atoms with E-state index in [4.69, 9.17) is 4.98 Å². The first-order valence-electron chi connectivity index (χ1n) is 11.2. The van der Waals surface area contributed by atoms with Crippen molar-refractivity contribution in [2.24, 2.45) is 5.10 Å². The number of hydrazone groups is 1. The molecule has 4 aromatic rings. The lowest BCUT2D eigenvalue weighted by atomic mass is 10.1. The second-order valence-electron chi connectivity index (χ2n) is 8.14. The zero-order valence-electron chi connectivity index (χ0n) is 18.8. The van der Waals surface area contributed by atoms with E-state index in [0.29, 0.717) is 22.6 Å². The average molecular weight is 469 g/mol. The fourth-order valence-corrected chi connectivity index (χ4v) is 5.07. The number of rotatable bonds is 6. The van der Waals surface area contributed by atoms with E-state index in [0.717, 1.165) is 23.3 Å². The SMILES string of the molecule is CC(c1ccccc1)n1c(SCC(=O)N2CCC(c3ccccc3)=N2)nc2ccccc2c1=O. The highest BCUT2D eigenvalue weighted by Crippen LogP contribution is 2.25. The molecule has 0 bridgehead atoms. The summed E-state index contributed by atoms with van der Waals surface area (Å²) in [4.78, 5) is 31.2. The Balaban J connectivity index is 1.43. The molecule has 3 aromatic carbocycles. The molecular weight excluding hydrogens is 444 g/mol. The van der Waals surface area contributed by atoms with Gasteiger partial charge < -0.3 is 0 Å². The maximum atomic E-state index is 13.5. The van der Waals surface area contributed by atoms with Gasteiger partial charge in [-0.15, -0.1) is 0 Å². The van der Waals surface area contributed by atoms with E-state index in [1.54, 1.807) is 10.6 Å². The molecule has 2 heterocycles. The topological polar surface area (TPSA) is 67.6 Å². The van der Waals surface area contributed by atoms with E-state index in [2.05, 4.69) is 5.10 Å². The molecule has 1 atom stereocenters. The molecule has 1 unspecified atom stereocenters. The second-order valence-corrected chi connectivity index (χ2v) is 9.08. The number of aromatic nitrogens is 2. The number of carbonyl (C=O) groups is 1. The Labute approximate surface area is 201 Å². The number of nitrogens with zero attached hydrogens (tertiary/aromatic N) is 4. The minimum atomic E-state index is -0.224. The van der Waals surface area contributed by atoms with Crippen molar-refractivity contribution in [2.45, 2.75) is 24.5 Å². The first kappa shape index (κ1) is 22.1. The summed E-state index contributed by atoms with van der Waals surface area (Å²) in [6, 6.07) is 26.9. The van der Waals surface area contributed by atoms with Gasteiger partial charge in [-0.3, -0.25) is 14.2 Å². The van der Waals surface area contributed by atoms with Crippen LogP contribution in [-0.2, 0) is 4.79 Å². The molecule has 0 fully saturated rings. The quantitative estimate of drug-likeness (QED) is 0.303. The normalized spacial score (nSPS) is 14.3. The molecular formula is C27H24N4O2S. The zero-order valence-corrected chi connectivity index (χ0v) is 19.6. The fraction of sp³-hybridized carbons (Fsp3) is 0.185. The number of amides is 1. The largest absolute Gasteiger partial charge is 0.280 e. The summed E-state index contributed by atoms with van der Waals surface area (Å²) in [5.41, 5.74) is 3.48. The van der Waals surface area contributed by atoms with Crippen molar-refractivity contribution in [3.05, 3.63) is 106 Å². The molecule has 1 amide bonds. The van der Waals surface area contributed by atoms with Crippen LogP contribution in [0.2, 0.25) is 0 Å². The minimum absolute atomic E-state index is 0.0998. The molecule has 0 saturated heterocycles. The van der Waals surface area contributed by atoms with Gasteiger partial charge in [0, 0.05) is 6.42 Å². The number of hydrogen-bond donors (Lipinski definition) is 0. The Kier molecular flexibility index (Phi) is 6.27. The maximum Gasteiger partial charge on any atom is 0.262 e. The molecule has 0 saturated carbocycles. The predicted octanol–water partition coefficient (Wildman–Crippen LogP) is 4.73. The van der Waals surface area contributed by atoms with Crippen molar-refractivity contribution in [3.8, 4) is 0 Å². The van der Waals surface area contributed by atoms with E-state index in [9.17, 15) is 9.59 Å². The summed E-state index contributed by atoms with van der Waals surface area (Å²) >= 11 is 1.28. The van der Waals surface area contributed by atoms with Crippen LogP contribution in [0.4, 0.5) is 0 Å². The summed E-state index contributed by atoms with van der Waals surface area (Å²) in [5, 5.41) is 7.16. The number of carbonyl (C=O) groups excluding carboxylic acids is 1. The molecule has 5 rings (SSSR count). The van der Waals surface area contributed by atoms with Crippen LogP contribution in [0.3, 0.4) is 0 Å². The van der Waals surface area contributed by atoms with Crippen LogP contribution in [0.15, 0.2) is 100.0 Å². The number of fused-ring (bicyclic) bond motifs is 1. The Hall–Kier alpha value is -3.71. The van der Waals surface area contributed by atoms with Crippen LogP contribution in [-0.4, -0.2) is 38.5 Å². The molecule has 6 nitrogen and oxygen atoms in total. The van der Waals surface area contributed by atoms with Gasteiger partial charge in [0.2, 0.25) is 0 Å². The van der Waals surface area contributed by atoms with Gasteiger partial charge >= 0.3 is 0 Å². The van der Waals surface area contributed by atoms with E-state index >= 15 is 0 Å². The van der Waals surface area contributed by atoms with E-state index in [1.165, 1.54) is 16.8 Å². The number of hydrogen-bond acceptors (Lipinski definition) is 5. The first-order chi connectivity index (χ1) is 16.6. The zero-order chi connectivity index (χ0) is 23.5. The third kappa shape index (κ3) is 4.39. The Morgan fingerprint density at radius 1 is 0.971 bits per heavy atom. The highest BCUT2D eigenvalue weighted by molar-refractivity contribution is 7.99. The monoisotopic (exact) mass is 468 g/mol. The van der Waals surface area contributed by atoms with Crippen LogP contribution in [0, 0.1) is 0 Å². The maximum absolute atomic E-state index is 13.5. The second kappa shape index (κ2) is 9.65. The lowest BCUT2D eigenvalue weighted by Crippen LogP contribution is -2.29. The molecule has 0 spiro atoms. The Morgan fingerprint density at radius 2 is 1.65 bits per heavy atom. The van der Waals surface area contributed by atoms with Crippen LogP contribution < -0.4 is 5.56 Å². The number of thioether (sulfide) groups is 1. The van der Waals surface area contributed by atoms with Gasteiger partial charge in [0.25, 0.3) is 11.5 Å². The van der Waals surface area contributed by atoms with Crippen molar-refractivity contribution < 1.29 is 4.79 Å². The van der Waals surface area contributed by atoms with E-state index < -0.39 is 0 Å². The molecule has 1 aromatic heterocycles. The summed E-state index contributed by atoms with van der Waals surface area (Å²) < 4.78 is 1.69. The molecule has 170 valence electrons. The van der Waals surface area contributed by atoms with Gasteiger partial charge in [0.15, 0.2) is 5.16 Å². The Bertz CT molecular complexity index is 1420. The van der Waals surface area contributed by atoms with Crippen LogP contribution >= 0.6 is 11.8 Å². The molecule has 0 radical (unpaired) electrons. The molecule has 0 N–H and O–H groups in total. The molecule has 7 heteroatoms. The summed E-state index contributed by atoms with van der Waals surface area (Å²) in [7, 11) is 0. The van der Waals surface area contributed by atoms with Gasteiger partial charge in [-0.25, -0.2) is 9.99 Å². The highest BCUT2D eigenvalue weighted by atomic mass is 32.2. The van der Waals surface area contributed by atoms with Gasteiger partial charge in [-0.2, -0.15) is 5.10 Å². The third-order valence-electron chi connectivity index (χ3n) is 5.97. The van der Waals surface area contributed by atoms with Gasteiger partial charge in [0.05, 0.1) is 35.0 Å². The predicted molar refractivity (Wildman–Crippen MR) is 136 cm³/mol. The lowest BCUT2D eigenvalue weighted by Gasteiger charge is -2.20.